The molecule has 0 saturated heterocycles. The molecule has 17 heavy (non-hydrogen) atoms. The van der Waals surface area contributed by atoms with Gasteiger partial charge in [0, 0.05) is 18.7 Å². The molecule has 0 aliphatic rings. The fourth-order valence-corrected chi connectivity index (χ4v) is 1.12. The van der Waals surface area contributed by atoms with Gasteiger partial charge in [-0.15, -0.1) is 0 Å². The molecule has 3 N–H and O–H groups in total. The zero-order valence-electron chi connectivity index (χ0n) is 8.84. The average molecular weight is 244 g/mol. The highest BCUT2D eigenvalue weighted by Crippen LogP contribution is 2.13. The number of carbonyl (C=O) groups excluding carboxylic acids is 1. The third-order valence-electron chi connectivity index (χ3n) is 1.93. The summed E-state index contributed by atoms with van der Waals surface area (Å²) in [5.41, 5.74) is 4.90. The van der Waals surface area contributed by atoms with E-state index in [9.17, 15) is 18.0 Å². The topological polar surface area (TPSA) is 55.1 Å². The quantitative estimate of drug-likeness (QED) is 0.620. The molecule has 6 heteroatoms. The predicted octanol–water partition coefficient (Wildman–Crippen LogP) is 1.35. The summed E-state index contributed by atoms with van der Waals surface area (Å²) in [7, 11) is 0. The second kappa shape index (κ2) is 6.05. The van der Waals surface area contributed by atoms with Gasteiger partial charge < -0.3 is 11.1 Å². The first kappa shape index (κ1) is 13.2. The van der Waals surface area contributed by atoms with E-state index in [1.54, 1.807) is 12.2 Å². The fraction of sp³-hybridized carbons (Fsp3) is 0.182. The van der Waals surface area contributed by atoms with Gasteiger partial charge in [-0.05, 0) is 12.1 Å². The lowest BCUT2D eigenvalue weighted by atomic mass is 10.2. The molecular formula is C11H11F3N2O. The Balaban J connectivity index is 2.73. The average Bonchev–Trinajstić information content (AvgIpc) is 2.30. The van der Waals surface area contributed by atoms with Gasteiger partial charge in [-0.25, -0.2) is 13.2 Å². The van der Waals surface area contributed by atoms with E-state index in [0.717, 1.165) is 0 Å². The highest BCUT2D eigenvalue weighted by atomic mass is 19.2. The SMILES string of the molecule is NC/C=C/CNC(=O)c1cc(F)c(F)c(F)c1. The van der Waals surface area contributed by atoms with E-state index in [0.29, 0.717) is 18.7 Å². The largest absolute Gasteiger partial charge is 0.349 e. The number of carbonyl (C=O) groups is 1. The number of halogens is 3. The molecule has 0 bridgehead atoms. The zero-order valence-corrected chi connectivity index (χ0v) is 8.84. The van der Waals surface area contributed by atoms with Gasteiger partial charge in [-0.2, -0.15) is 0 Å². The maximum atomic E-state index is 12.8. The van der Waals surface area contributed by atoms with Gasteiger partial charge in [0.25, 0.3) is 5.91 Å². The Morgan fingerprint density at radius 2 is 1.82 bits per heavy atom. The Hall–Kier alpha value is -1.82. The Labute approximate surface area is 96.1 Å². The molecule has 1 aromatic carbocycles. The standard InChI is InChI=1S/C11H11F3N2O/c12-8-5-7(6-9(13)10(8)14)11(17)16-4-2-1-3-15/h1-2,5-6H,3-4,15H2,(H,16,17)/b2-1+. The number of hydrogen-bond acceptors (Lipinski definition) is 2. The lowest BCUT2D eigenvalue weighted by molar-refractivity contribution is 0.0957. The maximum Gasteiger partial charge on any atom is 0.251 e. The Bertz CT molecular complexity index is 423. The second-order valence-electron chi connectivity index (χ2n) is 3.17. The van der Waals surface area contributed by atoms with Crippen molar-refractivity contribution in [3.05, 3.63) is 47.3 Å². The first-order valence-electron chi connectivity index (χ1n) is 4.84. The van der Waals surface area contributed by atoms with E-state index in [4.69, 9.17) is 5.73 Å². The third kappa shape index (κ3) is 3.60. The van der Waals surface area contributed by atoms with Gasteiger partial charge in [-0.3, -0.25) is 4.79 Å². The smallest absolute Gasteiger partial charge is 0.251 e. The van der Waals surface area contributed by atoms with Crippen LogP contribution in [-0.4, -0.2) is 19.0 Å². The molecule has 0 atom stereocenters. The molecule has 0 heterocycles. The molecule has 0 radical (unpaired) electrons. The van der Waals surface area contributed by atoms with E-state index < -0.39 is 23.4 Å². The molecule has 0 aliphatic carbocycles. The van der Waals surface area contributed by atoms with E-state index in [1.165, 1.54) is 0 Å². The molecule has 0 unspecified atom stereocenters. The van der Waals surface area contributed by atoms with Crippen molar-refractivity contribution in [2.24, 2.45) is 5.73 Å². The highest BCUT2D eigenvalue weighted by Gasteiger charge is 2.14. The molecule has 0 aliphatic heterocycles. The molecule has 3 nitrogen and oxygen atoms in total. The summed E-state index contributed by atoms with van der Waals surface area (Å²) >= 11 is 0. The summed E-state index contributed by atoms with van der Waals surface area (Å²) in [6.45, 7) is 0.506. The summed E-state index contributed by atoms with van der Waals surface area (Å²) in [5.74, 6) is -5.07. The zero-order chi connectivity index (χ0) is 12.8. The lowest BCUT2D eigenvalue weighted by Crippen LogP contribution is -2.24. The molecule has 1 rings (SSSR count). The van der Waals surface area contributed by atoms with Gasteiger partial charge in [0.05, 0.1) is 0 Å². The predicted molar refractivity (Wildman–Crippen MR) is 56.8 cm³/mol. The molecule has 1 amide bonds. The van der Waals surface area contributed by atoms with E-state index in [1.807, 2.05) is 0 Å². The summed E-state index contributed by atoms with van der Waals surface area (Å²) < 4.78 is 38.3. The van der Waals surface area contributed by atoms with Crippen LogP contribution in [0.3, 0.4) is 0 Å². The number of rotatable bonds is 4. The lowest BCUT2D eigenvalue weighted by Gasteiger charge is -2.03. The second-order valence-corrected chi connectivity index (χ2v) is 3.17. The number of amides is 1. The van der Waals surface area contributed by atoms with E-state index in [-0.39, 0.29) is 12.1 Å². The van der Waals surface area contributed by atoms with Crippen LogP contribution >= 0.6 is 0 Å². The van der Waals surface area contributed by atoms with Crippen LogP contribution in [0.2, 0.25) is 0 Å². The fourth-order valence-electron chi connectivity index (χ4n) is 1.12. The number of hydrogen-bond donors (Lipinski definition) is 2. The van der Waals surface area contributed by atoms with Gasteiger partial charge in [0.1, 0.15) is 0 Å². The minimum Gasteiger partial charge on any atom is -0.349 e. The maximum absolute atomic E-state index is 12.8. The molecular weight excluding hydrogens is 233 g/mol. The van der Waals surface area contributed by atoms with Gasteiger partial charge >= 0.3 is 0 Å². The van der Waals surface area contributed by atoms with Crippen molar-refractivity contribution < 1.29 is 18.0 Å². The monoisotopic (exact) mass is 244 g/mol. The summed E-state index contributed by atoms with van der Waals surface area (Å²) in [5, 5.41) is 2.37. The van der Waals surface area contributed by atoms with Crippen LogP contribution in [0.5, 0.6) is 0 Å². The van der Waals surface area contributed by atoms with Gasteiger partial charge in [-0.1, -0.05) is 12.2 Å². The molecule has 0 spiro atoms. The highest BCUT2D eigenvalue weighted by molar-refractivity contribution is 5.94. The van der Waals surface area contributed by atoms with E-state index in [2.05, 4.69) is 5.32 Å². The minimum absolute atomic E-state index is 0.177. The summed E-state index contributed by atoms with van der Waals surface area (Å²) in [4.78, 5) is 11.4. The van der Waals surface area contributed by atoms with Crippen molar-refractivity contribution in [1.82, 2.24) is 5.32 Å². The van der Waals surface area contributed by atoms with Crippen molar-refractivity contribution in [3.63, 3.8) is 0 Å². The van der Waals surface area contributed by atoms with Crippen LogP contribution in [0.15, 0.2) is 24.3 Å². The van der Waals surface area contributed by atoms with Crippen molar-refractivity contribution in [2.75, 3.05) is 13.1 Å². The van der Waals surface area contributed by atoms with Crippen LogP contribution in [0.25, 0.3) is 0 Å². The van der Waals surface area contributed by atoms with Crippen LogP contribution in [-0.2, 0) is 0 Å². The van der Waals surface area contributed by atoms with Gasteiger partial charge in [0.15, 0.2) is 17.5 Å². The van der Waals surface area contributed by atoms with Crippen molar-refractivity contribution in [3.8, 4) is 0 Å². The minimum atomic E-state index is -1.59. The molecule has 92 valence electrons. The Morgan fingerprint density at radius 3 is 2.35 bits per heavy atom. The number of nitrogens with one attached hydrogen (secondary N) is 1. The van der Waals surface area contributed by atoms with Crippen molar-refractivity contribution >= 4 is 5.91 Å². The normalized spacial score (nSPS) is 10.8. The van der Waals surface area contributed by atoms with Crippen molar-refractivity contribution in [2.45, 2.75) is 0 Å². The summed E-state index contributed by atoms with van der Waals surface area (Å²) in [6, 6.07) is 1.28. The van der Waals surface area contributed by atoms with E-state index >= 15 is 0 Å². The number of benzene rings is 1. The van der Waals surface area contributed by atoms with Gasteiger partial charge in [0.2, 0.25) is 0 Å². The van der Waals surface area contributed by atoms with Crippen LogP contribution in [0.1, 0.15) is 10.4 Å². The Morgan fingerprint density at radius 1 is 1.24 bits per heavy atom. The first-order valence-corrected chi connectivity index (χ1v) is 4.84. The molecule has 0 fully saturated rings. The molecule has 0 aromatic heterocycles. The summed E-state index contributed by atoms with van der Waals surface area (Å²) in [6.07, 6.45) is 3.21. The first-order chi connectivity index (χ1) is 8.06. The third-order valence-corrected chi connectivity index (χ3v) is 1.93. The Kier molecular flexibility index (Phi) is 4.71. The number of nitrogens with two attached hydrogens (primary N) is 1. The van der Waals surface area contributed by atoms with Crippen LogP contribution < -0.4 is 11.1 Å². The molecule has 0 saturated carbocycles. The van der Waals surface area contributed by atoms with Crippen LogP contribution in [0, 0.1) is 17.5 Å². The van der Waals surface area contributed by atoms with Crippen molar-refractivity contribution in [1.29, 1.82) is 0 Å². The van der Waals surface area contributed by atoms with Crippen LogP contribution in [0.4, 0.5) is 13.2 Å². The molecule has 1 aromatic rings.